The van der Waals surface area contributed by atoms with Crippen LogP contribution in [0.1, 0.15) is 30.4 Å². The number of amides is 2. The van der Waals surface area contributed by atoms with Crippen molar-refractivity contribution >= 4 is 11.8 Å². The van der Waals surface area contributed by atoms with Crippen molar-refractivity contribution in [2.45, 2.75) is 32.6 Å². The fourth-order valence-corrected chi connectivity index (χ4v) is 4.56. The van der Waals surface area contributed by atoms with Gasteiger partial charge in [0.2, 0.25) is 11.8 Å². The molecule has 1 aromatic carbocycles. The number of aryl methyl sites for hydroxylation is 1. The zero-order chi connectivity index (χ0) is 18.1. The number of piperazine rings is 1. The third-order valence-electron chi connectivity index (χ3n) is 6.51. The van der Waals surface area contributed by atoms with Crippen LogP contribution in [0.4, 0.5) is 0 Å². The Balaban J connectivity index is 1.27. The zero-order valence-corrected chi connectivity index (χ0v) is 15.7. The summed E-state index contributed by atoms with van der Waals surface area (Å²) >= 11 is 0. The second-order valence-electron chi connectivity index (χ2n) is 8.24. The Bertz CT molecular complexity index is 671. The van der Waals surface area contributed by atoms with Crippen LogP contribution in [-0.4, -0.2) is 60.9 Å². The molecule has 1 atom stereocenters. The molecule has 5 nitrogen and oxygen atoms in total. The van der Waals surface area contributed by atoms with E-state index in [0.717, 1.165) is 37.9 Å². The van der Waals surface area contributed by atoms with Crippen LogP contribution in [-0.2, 0) is 16.0 Å². The lowest BCUT2D eigenvalue weighted by Gasteiger charge is -2.35. The first-order valence-electron chi connectivity index (χ1n) is 9.90. The monoisotopic (exact) mass is 355 g/mol. The van der Waals surface area contributed by atoms with E-state index in [1.54, 1.807) is 0 Å². The maximum Gasteiger partial charge on any atom is 0.227 e. The Morgan fingerprint density at radius 1 is 1.04 bits per heavy atom. The van der Waals surface area contributed by atoms with Gasteiger partial charge in [0.05, 0.1) is 6.42 Å². The van der Waals surface area contributed by atoms with Crippen LogP contribution in [0.25, 0.3) is 0 Å². The van der Waals surface area contributed by atoms with E-state index >= 15 is 0 Å². The molecule has 0 radical (unpaired) electrons. The van der Waals surface area contributed by atoms with Crippen LogP contribution in [0.5, 0.6) is 0 Å². The molecule has 2 heterocycles. The minimum absolute atomic E-state index is 0.169. The quantitative estimate of drug-likeness (QED) is 0.896. The summed E-state index contributed by atoms with van der Waals surface area (Å²) in [6.45, 7) is 6.84. The number of hydrogen-bond donors (Lipinski definition) is 1. The van der Waals surface area contributed by atoms with E-state index in [9.17, 15) is 9.59 Å². The lowest BCUT2D eigenvalue weighted by Crippen LogP contribution is -2.51. The van der Waals surface area contributed by atoms with Crippen molar-refractivity contribution in [3.8, 4) is 0 Å². The van der Waals surface area contributed by atoms with Gasteiger partial charge in [-0.25, -0.2) is 0 Å². The third kappa shape index (κ3) is 3.50. The van der Waals surface area contributed by atoms with Crippen LogP contribution < -0.4 is 5.32 Å². The molecule has 26 heavy (non-hydrogen) atoms. The van der Waals surface area contributed by atoms with Crippen LogP contribution in [0.15, 0.2) is 24.3 Å². The number of carbonyl (C=O) groups is 2. The van der Waals surface area contributed by atoms with Gasteiger partial charge in [-0.2, -0.15) is 0 Å². The topological polar surface area (TPSA) is 52.7 Å². The number of nitrogens with one attached hydrogen (secondary N) is 1. The van der Waals surface area contributed by atoms with Gasteiger partial charge in [-0.15, -0.1) is 0 Å². The smallest absolute Gasteiger partial charge is 0.227 e. The first-order chi connectivity index (χ1) is 12.6. The van der Waals surface area contributed by atoms with Crippen molar-refractivity contribution in [1.29, 1.82) is 0 Å². The highest BCUT2D eigenvalue weighted by atomic mass is 16.2. The summed E-state index contributed by atoms with van der Waals surface area (Å²) in [6, 6.07) is 8.15. The molecule has 2 amide bonds. The molecule has 1 N–H and O–H groups in total. The summed E-state index contributed by atoms with van der Waals surface area (Å²) in [4.78, 5) is 29.3. The molecule has 5 heteroatoms. The molecule has 2 aliphatic heterocycles. The van der Waals surface area contributed by atoms with Gasteiger partial charge in [-0.3, -0.25) is 9.59 Å². The van der Waals surface area contributed by atoms with Gasteiger partial charge in [0.1, 0.15) is 0 Å². The second-order valence-corrected chi connectivity index (χ2v) is 8.24. The summed E-state index contributed by atoms with van der Waals surface area (Å²) < 4.78 is 0. The number of nitrogens with zero attached hydrogens (tertiary/aromatic N) is 2. The van der Waals surface area contributed by atoms with Crippen LogP contribution >= 0.6 is 0 Å². The second kappa shape index (κ2) is 7.03. The molecule has 4 rings (SSSR count). The highest BCUT2D eigenvalue weighted by molar-refractivity contribution is 5.83. The average Bonchev–Trinajstić information content (AvgIpc) is 3.36. The Labute approximate surface area is 155 Å². The van der Waals surface area contributed by atoms with Crippen molar-refractivity contribution in [3.63, 3.8) is 0 Å². The van der Waals surface area contributed by atoms with Gasteiger partial charge in [-0.05, 0) is 50.3 Å². The molecule has 0 aromatic heterocycles. The number of rotatable bonds is 3. The maximum atomic E-state index is 12.8. The fourth-order valence-electron chi connectivity index (χ4n) is 4.56. The molecule has 1 unspecified atom stereocenters. The van der Waals surface area contributed by atoms with Crippen LogP contribution in [0.3, 0.4) is 0 Å². The molecule has 1 aromatic rings. The highest BCUT2D eigenvalue weighted by Crippen LogP contribution is 2.59. The predicted octanol–water partition coefficient (Wildman–Crippen LogP) is 1.60. The van der Waals surface area contributed by atoms with Crippen molar-refractivity contribution in [2.24, 2.45) is 11.3 Å². The first-order valence-corrected chi connectivity index (χ1v) is 9.90. The Kier molecular flexibility index (Phi) is 4.74. The van der Waals surface area contributed by atoms with Gasteiger partial charge in [0.15, 0.2) is 0 Å². The molecular weight excluding hydrogens is 326 g/mol. The number of carbonyl (C=O) groups excluding carboxylic acids is 2. The van der Waals surface area contributed by atoms with E-state index in [1.165, 1.54) is 5.56 Å². The lowest BCUT2D eigenvalue weighted by atomic mass is 9.91. The predicted molar refractivity (Wildman–Crippen MR) is 101 cm³/mol. The molecule has 1 aliphatic carbocycles. The summed E-state index contributed by atoms with van der Waals surface area (Å²) in [5, 5.41) is 3.39. The van der Waals surface area contributed by atoms with E-state index in [0.29, 0.717) is 43.9 Å². The number of piperidine rings is 1. The number of hydrogen-bond acceptors (Lipinski definition) is 3. The summed E-state index contributed by atoms with van der Waals surface area (Å²) in [6.07, 6.45) is 3.80. The summed E-state index contributed by atoms with van der Waals surface area (Å²) in [5.41, 5.74) is 2.56. The molecule has 0 bridgehead atoms. The zero-order valence-electron chi connectivity index (χ0n) is 15.7. The lowest BCUT2D eigenvalue weighted by molar-refractivity contribution is -0.140. The SMILES string of the molecule is Cc1ccc(CC(=O)N2CCN(C(=O)C3CC34CCNCC4)CC2)cc1. The largest absolute Gasteiger partial charge is 0.339 e. The average molecular weight is 355 g/mol. The van der Waals surface area contributed by atoms with E-state index in [2.05, 4.69) is 12.2 Å². The third-order valence-corrected chi connectivity index (χ3v) is 6.51. The Morgan fingerprint density at radius 2 is 1.65 bits per heavy atom. The van der Waals surface area contributed by atoms with E-state index in [1.807, 2.05) is 34.1 Å². The van der Waals surface area contributed by atoms with E-state index in [-0.39, 0.29) is 11.8 Å². The van der Waals surface area contributed by atoms with E-state index < -0.39 is 0 Å². The molecule has 1 spiro atoms. The maximum absolute atomic E-state index is 12.8. The molecule has 1 saturated carbocycles. The van der Waals surface area contributed by atoms with Gasteiger partial charge in [-0.1, -0.05) is 29.8 Å². The minimum atomic E-state index is 0.169. The Hall–Kier alpha value is -1.88. The van der Waals surface area contributed by atoms with Crippen molar-refractivity contribution in [2.75, 3.05) is 39.3 Å². The van der Waals surface area contributed by atoms with Gasteiger partial charge >= 0.3 is 0 Å². The standard InChI is InChI=1S/C21H29N3O2/c1-16-2-4-17(5-3-16)14-19(25)23-10-12-24(13-11-23)20(26)18-15-21(18)6-8-22-9-7-21/h2-5,18,22H,6-15H2,1H3. The molecule has 2 saturated heterocycles. The molecule has 3 fully saturated rings. The van der Waals surface area contributed by atoms with Crippen molar-refractivity contribution < 1.29 is 9.59 Å². The van der Waals surface area contributed by atoms with Crippen molar-refractivity contribution in [3.05, 3.63) is 35.4 Å². The first kappa shape index (κ1) is 17.5. The van der Waals surface area contributed by atoms with Gasteiger partial charge in [0.25, 0.3) is 0 Å². The van der Waals surface area contributed by atoms with Crippen molar-refractivity contribution in [1.82, 2.24) is 15.1 Å². The summed E-state index contributed by atoms with van der Waals surface area (Å²) in [5.74, 6) is 0.735. The number of benzene rings is 1. The Morgan fingerprint density at radius 3 is 2.31 bits per heavy atom. The molecule has 140 valence electrons. The normalized spacial score (nSPS) is 24.6. The summed E-state index contributed by atoms with van der Waals surface area (Å²) in [7, 11) is 0. The van der Waals surface area contributed by atoms with Gasteiger partial charge in [0, 0.05) is 32.1 Å². The molecule has 3 aliphatic rings. The minimum Gasteiger partial charge on any atom is -0.339 e. The fraction of sp³-hybridized carbons (Fsp3) is 0.619. The van der Waals surface area contributed by atoms with Gasteiger partial charge < -0.3 is 15.1 Å². The van der Waals surface area contributed by atoms with Crippen LogP contribution in [0.2, 0.25) is 0 Å². The van der Waals surface area contributed by atoms with Crippen LogP contribution in [0, 0.1) is 18.3 Å². The highest BCUT2D eigenvalue weighted by Gasteiger charge is 2.58. The molecular formula is C21H29N3O2. The van der Waals surface area contributed by atoms with E-state index in [4.69, 9.17) is 0 Å².